The molecule has 0 aliphatic carbocycles. The summed E-state index contributed by atoms with van der Waals surface area (Å²) in [4.78, 5) is 5.15. The molecule has 0 aliphatic rings. The molecule has 0 saturated heterocycles. The van der Waals surface area contributed by atoms with E-state index >= 15 is 0 Å². The van der Waals surface area contributed by atoms with E-state index in [9.17, 15) is 0 Å². The zero-order valence-corrected chi connectivity index (χ0v) is 19.3. The van der Waals surface area contributed by atoms with Crippen molar-refractivity contribution in [3.05, 3.63) is 116 Å². The lowest BCUT2D eigenvalue weighted by molar-refractivity contribution is 1.60. The van der Waals surface area contributed by atoms with Gasteiger partial charge in [0.2, 0.25) is 0 Å². The average molecular weight is 459 g/mol. The first-order valence-corrected chi connectivity index (χ1v) is 13.1. The summed E-state index contributed by atoms with van der Waals surface area (Å²) in [6, 6.07) is 24.1. The van der Waals surface area contributed by atoms with Crippen LogP contribution in [0.4, 0.5) is 0 Å². The molecule has 0 fully saturated rings. The van der Waals surface area contributed by atoms with Crippen molar-refractivity contribution in [1.29, 1.82) is 0 Å². The van der Waals surface area contributed by atoms with E-state index < -0.39 is 0 Å². The fraction of sp³-hybridized carbons (Fsp3) is 0. The molecule has 0 saturated carbocycles. The van der Waals surface area contributed by atoms with E-state index in [1.807, 2.05) is 0 Å². The molecule has 0 nitrogen and oxygen atoms in total. The zero-order chi connectivity index (χ0) is 20.2. The molecule has 4 heterocycles. The summed E-state index contributed by atoms with van der Waals surface area (Å²) in [5, 5.41) is 8.56. The Balaban J connectivity index is 1.67. The van der Waals surface area contributed by atoms with Gasteiger partial charge in [-0.05, 0) is 80.2 Å². The predicted molar refractivity (Wildman–Crippen MR) is 138 cm³/mol. The SMILES string of the molecule is C(=Cc1cccs1)C=C(c1cccs1)c1cc(-c2cccs2)ccc1-c1cccs1. The van der Waals surface area contributed by atoms with E-state index in [2.05, 4.69) is 106 Å². The van der Waals surface area contributed by atoms with E-state index in [-0.39, 0.29) is 0 Å². The summed E-state index contributed by atoms with van der Waals surface area (Å²) in [7, 11) is 0. The number of hydrogen-bond donors (Lipinski definition) is 0. The fourth-order valence-electron chi connectivity index (χ4n) is 3.37. The third-order valence-corrected chi connectivity index (χ3v) is 8.32. The van der Waals surface area contributed by atoms with Gasteiger partial charge in [0.05, 0.1) is 0 Å². The van der Waals surface area contributed by atoms with Crippen molar-refractivity contribution >= 4 is 57.0 Å². The normalized spacial score (nSPS) is 12.1. The molecule has 5 rings (SSSR count). The molecule has 5 aromatic rings. The number of allylic oxidation sites excluding steroid dienone is 2. The summed E-state index contributed by atoms with van der Waals surface area (Å²) < 4.78 is 0. The van der Waals surface area contributed by atoms with Gasteiger partial charge < -0.3 is 0 Å². The molecule has 0 N–H and O–H groups in total. The van der Waals surface area contributed by atoms with Crippen LogP contribution in [0.3, 0.4) is 0 Å². The standard InChI is InChI=1S/C26H18S4/c1(6-20-7-2-14-27-20)8-21(25-10-4-16-29-25)23-18-19(24-9-3-15-28-24)12-13-22(23)26-11-5-17-30-26/h1-18H. The molecule has 1 aromatic carbocycles. The minimum atomic E-state index is 1.26. The molecule has 0 atom stereocenters. The Kier molecular flexibility index (Phi) is 5.91. The maximum atomic E-state index is 2.35. The average Bonchev–Trinajstić information content (AvgIpc) is 3.60. The molecule has 4 heteroatoms. The molecule has 4 aromatic heterocycles. The fourth-order valence-corrected chi connectivity index (χ4v) is 6.26. The highest BCUT2D eigenvalue weighted by Gasteiger charge is 2.15. The van der Waals surface area contributed by atoms with Crippen LogP contribution in [0.25, 0.3) is 32.5 Å². The van der Waals surface area contributed by atoms with Gasteiger partial charge in [-0.1, -0.05) is 48.6 Å². The van der Waals surface area contributed by atoms with E-state index in [0.717, 1.165) is 0 Å². The van der Waals surface area contributed by atoms with Crippen LogP contribution in [0.1, 0.15) is 15.3 Å². The summed E-state index contributed by atoms with van der Waals surface area (Å²) in [6.45, 7) is 0. The summed E-state index contributed by atoms with van der Waals surface area (Å²) in [6.07, 6.45) is 6.62. The van der Waals surface area contributed by atoms with E-state index in [1.165, 1.54) is 41.8 Å². The van der Waals surface area contributed by atoms with Gasteiger partial charge in [0.1, 0.15) is 0 Å². The zero-order valence-electron chi connectivity index (χ0n) is 16.0. The Morgan fingerprint density at radius 3 is 2.10 bits per heavy atom. The number of thiophene rings is 4. The predicted octanol–water partition coefficient (Wildman–Crippen LogP) is 9.41. The van der Waals surface area contributed by atoms with Crippen LogP contribution in [0.5, 0.6) is 0 Å². The maximum Gasteiger partial charge on any atom is 0.0348 e. The number of rotatable bonds is 6. The molecule has 0 radical (unpaired) electrons. The lowest BCUT2D eigenvalue weighted by Gasteiger charge is -2.13. The maximum absolute atomic E-state index is 2.35. The van der Waals surface area contributed by atoms with Gasteiger partial charge in [0.25, 0.3) is 0 Å². The molecular formula is C26H18S4. The molecule has 0 amide bonds. The quantitative estimate of drug-likeness (QED) is 0.222. The Morgan fingerprint density at radius 2 is 1.40 bits per heavy atom. The molecule has 30 heavy (non-hydrogen) atoms. The molecule has 0 aliphatic heterocycles. The number of hydrogen-bond acceptors (Lipinski definition) is 4. The van der Waals surface area contributed by atoms with Crippen LogP contribution < -0.4 is 0 Å². The van der Waals surface area contributed by atoms with Gasteiger partial charge in [-0.3, -0.25) is 0 Å². The first-order chi connectivity index (χ1) is 14.9. The first kappa shape index (κ1) is 19.5. The Hall–Kier alpha value is -2.50. The minimum absolute atomic E-state index is 1.26. The van der Waals surface area contributed by atoms with Crippen molar-refractivity contribution < 1.29 is 0 Å². The monoisotopic (exact) mass is 458 g/mol. The second-order valence-electron chi connectivity index (χ2n) is 6.65. The third kappa shape index (κ3) is 4.18. The van der Waals surface area contributed by atoms with Crippen molar-refractivity contribution in [1.82, 2.24) is 0 Å². The van der Waals surface area contributed by atoms with Gasteiger partial charge in [-0.2, -0.15) is 0 Å². The summed E-state index contributed by atoms with van der Waals surface area (Å²) in [5.41, 5.74) is 5.10. The smallest absolute Gasteiger partial charge is 0.0348 e. The van der Waals surface area contributed by atoms with E-state index in [1.54, 1.807) is 45.3 Å². The molecular weight excluding hydrogens is 441 g/mol. The second kappa shape index (κ2) is 9.11. The Labute approximate surface area is 192 Å². The van der Waals surface area contributed by atoms with Crippen LogP contribution in [-0.2, 0) is 0 Å². The summed E-state index contributed by atoms with van der Waals surface area (Å²) >= 11 is 7.13. The van der Waals surface area contributed by atoms with Gasteiger partial charge in [-0.15, -0.1) is 45.3 Å². The topological polar surface area (TPSA) is 0 Å². The molecule has 0 spiro atoms. The van der Waals surface area contributed by atoms with Crippen molar-refractivity contribution in [2.75, 3.05) is 0 Å². The first-order valence-electron chi connectivity index (χ1n) is 9.56. The molecule has 0 bridgehead atoms. The Morgan fingerprint density at radius 1 is 0.667 bits per heavy atom. The van der Waals surface area contributed by atoms with E-state index in [0.29, 0.717) is 0 Å². The van der Waals surface area contributed by atoms with Gasteiger partial charge >= 0.3 is 0 Å². The third-order valence-electron chi connectivity index (χ3n) is 4.76. The highest BCUT2D eigenvalue weighted by molar-refractivity contribution is 7.14. The highest BCUT2D eigenvalue weighted by atomic mass is 32.1. The molecule has 0 unspecified atom stereocenters. The largest absolute Gasteiger partial charge is 0.144 e. The Bertz CT molecular complexity index is 1250. The van der Waals surface area contributed by atoms with Crippen molar-refractivity contribution in [2.45, 2.75) is 0 Å². The van der Waals surface area contributed by atoms with Crippen molar-refractivity contribution in [2.24, 2.45) is 0 Å². The lowest BCUT2D eigenvalue weighted by atomic mass is 9.94. The van der Waals surface area contributed by atoms with Gasteiger partial charge in [0.15, 0.2) is 0 Å². The van der Waals surface area contributed by atoms with E-state index in [4.69, 9.17) is 0 Å². The minimum Gasteiger partial charge on any atom is -0.144 e. The van der Waals surface area contributed by atoms with Crippen molar-refractivity contribution in [3.8, 4) is 20.9 Å². The van der Waals surface area contributed by atoms with Crippen LogP contribution >= 0.6 is 45.3 Å². The van der Waals surface area contributed by atoms with Crippen LogP contribution in [0.2, 0.25) is 0 Å². The van der Waals surface area contributed by atoms with Crippen LogP contribution in [0, 0.1) is 0 Å². The highest BCUT2D eigenvalue weighted by Crippen LogP contribution is 2.39. The molecule has 146 valence electrons. The second-order valence-corrected chi connectivity index (χ2v) is 10.5. The lowest BCUT2D eigenvalue weighted by Crippen LogP contribution is -1.91. The van der Waals surface area contributed by atoms with Gasteiger partial charge in [0, 0.05) is 19.5 Å². The van der Waals surface area contributed by atoms with Crippen LogP contribution in [-0.4, -0.2) is 0 Å². The number of benzene rings is 1. The van der Waals surface area contributed by atoms with Gasteiger partial charge in [-0.25, -0.2) is 0 Å². The summed E-state index contributed by atoms with van der Waals surface area (Å²) in [5.74, 6) is 0. The van der Waals surface area contributed by atoms with Crippen molar-refractivity contribution in [3.63, 3.8) is 0 Å². The van der Waals surface area contributed by atoms with Crippen LogP contribution in [0.15, 0.2) is 100 Å².